The molecule has 46 heavy (non-hydrogen) atoms. The van der Waals surface area contributed by atoms with Crippen molar-refractivity contribution in [2.45, 2.75) is 12.0 Å². The van der Waals surface area contributed by atoms with Crippen LogP contribution >= 0.6 is 0 Å². The molecule has 216 valence electrons. The van der Waals surface area contributed by atoms with Crippen LogP contribution in [0.4, 0.5) is 0 Å². The maximum absolute atomic E-state index is 6.35. The molecule has 0 amide bonds. The van der Waals surface area contributed by atoms with E-state index in [0.717, 1.165) is 60.5 Å². The van der Waals surface area contributed by atoms with Crippen molar-refractivity contribution >= 4 is 43.6 Å². The summed E-state index contributed by atoms with van der Waals surface area (Å²) in [6, 6.07) is 35.2. The standard InChI is InChI=1S/C40H24N4O2/c1-2-9-24-22-25(18-17-23(24)8-1)37-42-38(44-39(43-37)30-13-6-16-33-36(30)29-10-3-4-15-32(29)45-33)28-12-5-11-27-26(28)19-20-34-35(27)31-14-7-21-41-40(31)46-34/h1-22,29,32H. The molecule has 10 rings (SSSR count). The SMILES string of the molecule is C1=CC2Oc3cccc(-c4nc(-c5ccc6ccccc6c5)nc(-c5cccc6c5ccc5oc7ncccc7c56)n4)c3C2C=C1. The normalized spacial score (nSPS) is 16.7. The molecule has 0 N–H and O–H groups in total. The molecule has 6 heteroatoms. The molecule has 2 atom stereocenters. The van der Waals surface area contributed by atoms with Crippen molar-refractivity contribution < 1.29 is 9.15 Å². The van der Waals surface area contributed by atoms with Crippen molar-refractivity contribution in [3.05, 3.63) is 139 Å². The molecule has 0 saturated heterocycles. The summed E-state index contributed by atoms with van der Waals surface area (Å²) >= 11 is 0. The first kappa shape index (κ1) is 25.2. The Morgan fingerprint density at radius 3 is 2.35 bits per heavy atom. The van der Waals surface area contributed by atoms with Gasteiger partial charge in [-0.1, -0.05) is 85.0 Å². The second-order valence-corrected chi connectivity index (χ2v) is 11.8. The molecule has 2 unspecified atom stereocenters. The van der Waals surface area contributed by atoms with Crippen LogP contribution in [-0.2, 0) is 0 Å². The molecular formula is C40H24N4O2. The first-order valence-electron chi connectivity index (χ1n) is 15.4. The zero-order chi connectivity index (χ0) is 30.2. The van der Waals surface area contributed by atoms with Crippen LogP contribution in [0.3, 0.4) is 0 Å². The Morgan fingerprint density at radius 1 is 0.587 bits per heavy atom. The largest absolute Gasteiger partial charge is 0.485 e. The molecule has 5 aromatic carbocycles. The molecule has 8 aromatic rings. The van der Waals surface area contributed by atoms with Gasteiger partial charge in [0, 0.05) is 45.1 Å². The Bertz CT molecular complexity index is 2600. The van der Waals surface area contributed by atoms with Crippen molar-refractivity contribution in [1.29, 1.82) is 0 Å². The average molecular weight is 593 g/mol. The number of hydrogen-bond donors (Lipinski definition) is 0. The van der Waals surface area contributed by atoms with E-state index >= 15 is 0 Å². The molecule has 0 spiro atoms. The van der Waals surface area contributed by atoms with E-state index in [1.54, 1.807) is 6.20 Å². The predicted octanol–water partition coefficient (Wildman–Crippen LogP) is 9.44. The first-order chi connectivity index (χ1) is 22.8. The monoisotopic (exact) mass is 592 g/mol. The lowest BCUT2D eigenvalue weighted by molar-refractivity contribution is 0.269. The van der Waals surface area contributed by atoms with Crippen molar-refractivity contribution in [1.82, 2.24) is 19.9 Å². The highest BCUT2D eigenvalue weighted by molar-refractivity contribution is 6.20. The fraction of sp³-hybridized carbons (Fsp3) is 0.0500. The van der Waals surface area contributed by atoms with Crippen LogP contribution in [0, 0.1) is 0 Å². The van der Waals surface area contributed by atoms with E-state index in [0.29, 0.717) is 23.2 Å². The van der Waals surface area contributed by atoms with E-state index in [2.05, 4.69) is 102 Å². The summed E-state index contributed by atoms with van der Waals surface area (Å²) < 4.78 is 12.5. The zero-order valence-corrected chi connectivity index (χ0v) is 24.5. The van der Waals surface area contributed by atoms with Crippen LogP contribution in [0.15, 0.2) is 138 Å². The number of rotatable bonds is 3. The van der Waals surface area contributed by atoms with Crippen molar-refractivity contribution in [3.63, 3.8) is 0 Å². The molecule has 0 fully saturated rings. The Hall–Kier alpha value is -6.14. The van der Waals surface area contributed by atoms with Gasteiger partial charge in [-0.15, -0.1) is 0 Å². The molecule has 0 radical (unpaired) electrons. The van der Waals surface area contributed by atoms with E-state index in [1.165, 1.54) is 5.39 Å². The molecule has 2 aliphatic rings. The van der Waals surface area contributed by atoms with Gasteiger partial charge in [-0.2, -0.15) is 0 Å². The summed E-state index contributed by atoms with van der Waals surface area (Å²) in [4.78, 5) is 19.9. The van der Waals surface area contributed by atoms with Crippen LogP contribution in [0.5, 0.6) is 5.75 Å². The maximum atomic E-state index is 6.35. The number of aromatic nitrogens is 4. The van der Waals surface area contributed by atoms with Gasteiger partial charge in [0.25, 0.3) is 0 Å². The van der Waals surface area contributed by atoms with Gasteiger partial charge >= 0.3 is 0 Å². The van der Waals surface area contributed by atoms with E-state index in [9.17, 15) is 0 Å². The highest BCUT2D eigenvalue weighted by Crippen LogP contribution is 2.46. The van der Waals surface area contributed by atoms with Crippen LogP contribution < -0.4 is 4.74 Å². The average Bonchev–Trinajstić information content (AvgIpc) is 3.70. The van der Waals surface area contributed by atoms with Gasteiger partial charge in [-0.05, 0) is 64.0 Å². The topological polar surface area (TPSA) is 73.9 Å². The highest BCUT2D eigenvalue weighted by Gasteiger charge is 2.35. The number of furan rings is 1. The second-order valence-electron chi connectivity index (χ2n) is 11.8. The molecular weight excluding hydrogens is 568 g/mol. The number of hydrogen-bond acceptors (Lipinski definition) is 6. The van der Waals surface area contributed by atoms with Gasteiger partial charge in [0.1, 0.15) is 17.4 Å². The first-order valence-corrected chi connectivity index (χ1v) is 15.4. The third-order valence-corrected chi connectivity index (χ3v) is 9.14. The zero-order valence-electron chi connectivity index (χ0n) is 24.5. The fourth-order valence-corrected chi connectivity index (χ4v) is 7.03. The Morgan fingerprint density at radius 2 is 1.39 bits per heavy atom. The number of allylic oxidation sites excluding steroid dienone is 2. The highest BCUT2D eigenvalue weighted by atomic mass is 16.5. The summed E-state index contributed by atoms with van der Waals surface area (Å²) in [5, 5.41) is 6.41. The van der Waals surface area contributed by atoms with Crippen molar-refractivity contribution in [2.24, 2.45) is 0 Å². The quantitative estimate of drug-likeness (QED) is 0.203. The van der Waals surface area contributed by atoms with Gasteiger partial charge in [0.2, 0.25) is 5.71 Å². The van der Waals surface area contributed by atoms with E-state index in [4.69, 9.17) is 24.1 Å². The van der Waals surface area contributed by atoms with Crippen LogP contribution in [-0.4, -0.2) is 26.0 Å². The molecule has 0 bridgehead atoms. The van der Waals surface area contributed by atoms with Crippen LogP contribution in [0.2, 0.25) is 0 Å². The Balaban J connectivity index is 1.24. The summed E-state index contributed by atoms with van der Waals surface area (Å²) in [5.74, 6) is 2.80. The van der Waals surface area contributed by atoms with Gasteiger partial charge < -0.3 is 9.15 Å². The van der Waals surface area contributed by atoms with E-state index in [-0.39, 0.29) is 12.0 Å². The van der Waals surface area contributed by atoms with Gasteiger partial charge in [0.15, 0.2) is 17.5 Å². The third-order valence-electron chi connectivity index (χ3n) is 9.14. The lowest BCUT2D eigenvalue weighted by Gasteiger charge is -2.16. The number of fused-ring (bicyclic) bond motifs is 9. The molecule has 3 aromatic heterocycles. The lowest BCUT2D eigenvalue weighted by atomic mass is 9.88. The summed E-state index contributed by atoms with van der Waals surface area (Å²) in [6.07, 6.45) is 10.2. The van der Waals surface area contributed by atoms with Gasteiger partial charge in [-0.25, -0.2) is 19.9 Å². The van der Waals surface area contributed by atoms with Gasteiger partial charge in [-0.3, -0.25) is 0 Å². The number of nitrogens with zero attached hydrogens (tertiary/aromatic N) is 4. The number of ether oxygens (including phenoxy) is 1. The lowest BCUT2D eigenvalue weighted by Crippen LogP contribution is -2.16. The summed E-state index contributed by atoms with van der Waals surface area (Å²) in [5.41, 5.74) is 5.33. The van der Waals surface area contributed by atoms with E-state index < -0.39 is 0 Å². The predicted molar refractivity (Wildman–Crippen MR) is 182 cm³/mol. The second kappa shape index (κ2) is 9.68. The summed E-state index contributed by atoms with van der Waals surface area (Å²) in [7, 11) is 0. The minimum Gasteiger partial charge on any atom is -0.485 e. The molecule has 0 saturated carbocycles. The molecule has 4 heterocycles. The minimum atomic E-state index is -0.0397. The molecule has 1 aliphatic heterocycles. The van der Waals surface area contributed by atoms with Crippen LogP contribution in [0.25, 0.3) is 77.8 Å². The Labute approximate surface area is 263 Å². The van der Waals surface area contributed by atoms with Gasteiger partial charge in [0.05, 0.1) is 0 Å². The van der Waals surface area contributed by atoms with Crippen molar-refractivity contribution in [3.8, 4) is 39.9 Å². The Kier molecular flexibility index (Phi) is 5.31. The number of benzene rings is 5. The van der Waals surface area contributed by atoms with Crippen LogP contribution in [0.1, 0.15) is 11.5 Å². The number of pyridine rings is 1. The third kappa shape index (κ3) is 3.77. The fourth-order valence-electron chi connectivity index (χ4n) is 7.03. The smallest absolute Gasteiger partial charge is 0.227 e. The molecule has 6 nitrogen and oxygen atoms in total. The minimum absolute atomic E-state index is 0.0397. The van der Waals surface area contributed by atoms with E-state index in [1.807, 2.05) is 30.3 Å². The maximum Gasteiger partial charge on any atom is 0.227 e. The molecule has 1 aliphatic carbocycles. The summed E-state index contributed by atoms with van der Waals surface area (Å²) in [6.45, 7) is 0. The van der Waals surface area contributed by atoms with Crippen molar-refractivity contribution in [2.75, 3.05) is 0 Å².